The third-order valence-corrected chi connectivity index (χ3v) is 5.63. The average Bonchev–Trinajstić information content (AvgIpc) is 2.73. The van der Waals surface area contributed by atoms with E-state index >= 15 is 0 Å². The Hall–Kier alpha value is -3.04. The number of barbiturate groups is 1. The van der Waals surface area contributed by atoms with Gasteiger partial charge in [0.15, 0.2) is 0 Å². The van der Waals surface area contributed by atoms with Crippen LogP contribution in [-0.4, -0.2) is 44.1 Å². The standard InChI is InChI=1S/C22H19BrFN3O4/c1-13-10-15(23)3-5-18(13)27-21(29)16(20(28)25-22(27)30)11-14-2-4-19(17(24)12-14)26-6-8-31-9-7-26/h2-5,10-12H,6-9H2,1H3,(H,25,28,30)/b16-11+. The van der Waals surface area contributed by atoms with Gasteiger partial charge in [-0.2, -0.15) is 0 Å². The lowest BCUT2D eigenvalue weighted by Crippen LogP contribution is -2.54. The molecule has 0 unspecified atom stereocenters. The highest BCUT2D eigenvalue weighted by Gasteiger charge is 2.37. The molecule has 4 amide bonds. The van der Waals surface area contributed by atoms with Gasteiger partial charge in [-0.15, -0.1) is 0 Å². The van der Waals surface area contributed by atoms with Crippen LogP contribution in [0.3, 0.4) is 0 Å². The van der Waals surface area contributed by atoms with Crippen molar-refractivity contribution in [1.82, 2.24) is 5.32 Å². The van der Waals surface area contributed by atoms with Crippen LogP contribution in [0.1, 0.15) is 11.1 Å². The van der Waals surface area contributed by atoms with Crippen LogP contribution in [0.15, 0.2) is 46.4 Å². The molecule has 2 aromatic rings. The molecule has 0 saturated carbocycles. The highest BCUT2D eigenvalue weighted by molar-refractivity contribution is 9.10. The Kier molecular flexibility index (Phi) is 5.88. The summed E-state index contributed by atoms with van der Waals surface area (Å²) >= 11 is 3.34. The van der Waals surface area contributed by atoms with Crippen molar-refractivity contribution in [2.75, 3.05) is 36.1 Å². The minimum absolute atomic E-state index is 0.250. The predicted octanol–water partition coefficient (Wildman–Crippen LogP) is 3.40. The zero-order chi connectivity index (χ0) is 22.1. The summed E-state index contributed by atoms with van der Waals surface area (Å²) in [5.41, 5.74) is 1.56. The van der Waals surface area contributed by atoms with Gasteiger partial charge in [0.25, 0.3) is 11.8 Å². The van der Waals surface area contributed by atoms with Gasteiger partial charge in [0, 0.05) is 17.6 Å². The number of benzene rings is 2. The van der Waals surface area contributed by atoms with Crippen LogP contribution in [-0.2, 0) is 14.3 Å². The summed E-state index contributed by atoms with van der Waals surface area (Å²) < 4.78 is 20.8. The number of aryl methyl sites for hydroxylation is 1. The first-order chi connectivity index (χ1) is 14.8. The number of carbonyl (C=O) groups excluding carboxylic acids is 3. The summed E-state index contributed by atoms with van der Waals surface area (Å²) in [6.07, 6.45) is 1.29. The van der Waals surface area contributed by atoms with Crippen LogP contribution in [0.2, 0.25) is 0 Å². The number of anilines is 2. The number of imide groups is 2. The highest BCUT2D eigenvalue weighted by Crippen LogP contribution is 2.28. The second-order valence-electron chi connectivity index (χ2n) is 7.20. The number of hydrogen-bond donors (Lipinski definition) is 1. The largest absolute Gasteiger partial charge is 0.378 e. The lowest BCUT2D eigenvalue weighted by atomic mass is 10.0. The fraction of sp³-hybridized carbons (Fsp3) is 0.227. The molecule has 0 aliphatic carbocycles. The summed E-state index contributed by atoms with van der Waals surface area (Å²) in [6.45, 7) is 3.97. The molecular formula is C22H19BrFN3O4. The number of hydrogen-bond acceptors (Lipinski definition) is 5. The van der Waals surface area contributed by atoms with Crippen LogP contribution in [0.5, 0.6) is 0 Å². The minimum Gasteiger partial charge on any atom is -0.378 e. The van der Waals surface area contributed by atoms with E-state index in [1.165, 1.54) is 12.1 Å². The third-order valence-electron chi connectivity index (χ3n) is 5.14. The molecular weight excluding hydrogens is 469 g/mol. The van der Waals surface area contributed by atoms with Crippen molar-refractivity contribution >= 4 is 51.2 Å². The van der Waals surface area contributed by atoms with E-state index in [9.17, 15) is 18.8 Å². The summed E-state index contributed by atoms with van der Waals surface area (Å²) in [4.78, 5) is 40.6. The smallest absolute Gasteiger partial charge is 0.335 e. The number of ether oxygens (including phenoxy) is 1. The van der Waals surface area contributed by atoms with Crippen LogP contribution in [0.25, 0.3) is 6.08 Å². The van der Waals surface area contributed by atoms with Gasteiger partial charge in [0.05, 0.1) is 24.6 Å². The number of carbonyl (C=O) groups is 3. The monoisotopic (exact) mass is 487 g/mol. The van der Waals surface area contributed by atoms with Gasteiger partial charge in [0.2, 0.25) is 0 Å². The fourth-order valence-corrected chi connectivity index (χ4v) is 4.06. The molecule has 0 atom stereocenters. The Morgan fingerprint density at radius 3 is 2.45 bits per heavy atom. The molecule has 2 aromatic carbocycles. The van der Waals surface area contributed by atoms with Crippen molar-refractivity contribution in [3.05, 3.63) is 63.4 Å². The SMILES string of the molecule is Cc1cc(Br)ccc1N1C(=O)NC(=O)/C(=C\c2ccc(N3CCOCC3)c(F)c2)C1=O. The molecule has 2 aliphatic heterocycles. The third kappa shape index (κ3) is 4.24. The van der Waals surface area contributed by atoms with Crippen molar-refractivity contribution in [1.29, 1.82) is 0 Å². The molecule has 4 rings (SSSR count). The molecule has 2 saturated heterocycles. The van der Waals surface area contributed by atoms with E-state index in [0.29, 0.717) is 48.8 Å². The molecule has 2 aliphatic rings. The molecule has 0 spiro atoms. The average molecular weight is 488 g/mol. The molecule has 9 heteroatoms. The second kappa shape index (κ2) is 8.60. The van der Waals surface area contributed by atoms with Gasteiger partial charge in [-0.3, -0.25) is 14.9 Å². The summed E-state index contributed by atoms with van der Waals surface area (Å²) in [5, 5.41) is 2.18. The number of nitrogens with zero attached hydrogens (tertiary/aromatic N) is 2. The summed E-state index contributed by atoms with van der Waals surface area (Å²) in [5.74, 6) is -2.05. The number of amides is 4. The highest BCUT2D eigenvalue weighted by atomic mass is 79.9. The van der Waals surface area contributed by atoms with E-state index < -0.39 is 23.7 Å². The molecule has 2 heterocycles. The normalized spacial score (nSPS) is 18.5. The van der Waals surface area contributed by atoms with Gasteiger partial charge >= 0.3 is 6.03 Å². The second-order valence-corrected chi connectivity index (χ2v) is 8.11. The maximum atomic E-state index is 14.7. The van der Waals surface area contributed by atoms with Crippen LogP contribution in [0.4, 0.5) is 20.6 Å². The molecule has 0 radical (unpaired) electrons. The number of rotatable bonds is 3. The Bertz CT molecular complexity index is 1110. The maximum Gasteiger partial charge on any atom is 0.335 e. The first kappa shape index (κ1) is 21.2. The zero-order valence-corrected chi connectivity index (χ0v) is 18.2. The van der Waals surface area contributed by atoms with Gasteiger partial charge in [-0.25, -0.2) is 14.1 Å². The summed E-state index contributed by atoms with van der Waals surface area (Å²) in [7, 11) is 0. The Labute approximate surface area is 186 Å². The molecule has 7 nitrogen and oxygen atoms in total. The summed E-state index contributed by atoms with van der Waals surface area (Å²) in [6, 6.07) is 8.75. The van der Waals surface area contributed by atoms with Gasteiger partial charge in [-0.1, -0.05) is 22.0 Å². The van der Waals surface area contributed by atoms with Crippen LogP contribution in [0, 0.1) is 12.7 Å². The molecule has 0 aromatic heterocycles. The molecule has 1 N–H and O–H groups in total. The molecule has 160 valence electrons. The quantitative estimate of drug-likeness (QED) is 0.530. The topological polar surface area (TPSA) is 79.0 Å². The van der Waals surface area contributed by atoms with Crippen molar-refractivity contribution in [2.24, 2.45) is 0 Å². The maximum absolute atomic E-state index is 14.7. The fourth-order valence-electron chi connectivity index (χ4n) is 3.59. The van der Waals surface area contributed by atoms with Crippen molar-refractivity contribution in [3.63, 3.8) is 0 Å². The van der Waals surface area contributed by atoms with E-state index in [2.05, 4.69) is 21.2 Å². The van der Waals surface area contributed by atoms with Crippen molar-refractivity contribution < 1.29 is 23.5 Å². The van der Waals surface area contributed by atoms with E-state index in [1.54, 1.807) is 37.3 Å². The Balaban J connectivity index is 1.66. The van der Waals surface area contributed by atoms with Crippen molar-refractivity contribution in [3.8, 4) is 0 Å². The van der Waals surface area contributed by atoms with Crippen LogP contribution < -0.4 is 15.1 Å². The lowest BCUT2D eigenvalue weighted by molar-refractivity contribution is -0.122. The Morgan fingerprint density at radius 1 is 1.06 bits per heavy atom. The lowest BCUT2D eigenvalue weighted by Gasteiger charge is -2.29. The van der Waals surface area contributed by atoms with Gasteiger partial charge in [0.1, 0.15) is 11.4 Å². The molecule has 2 fully saturated rings. The molecule has 31 heavy (non-hydrogen) atoms. The zero-order valence-electron chi connectivity index (χ0n) is 16.7. The van der Waals surface area contributed by atoms with E-state index in [0.717, 1.165) is 9.37 Å². The van der Waals surface area contributed by atoms with Gasteiger partial charge in [-0.05, 0) is 54.5 Å². The number of morpholine rings is 1. The first-order valence-electron chi connectivity index (χ1n) is 9.65. The first-order valence-corrected chi connectivity index (χ1v) is 10.4. The van der Waals surface area contributed by atoms with E-state index in [-0.39, 0.29) is 5.57 Å². The molecule has 0 bridgehead atoms. The van der Waals surface area contributed by atoms with Gasteiger partial charge < -0.3 is 9.64 Å². The predicted molar refractivity (Wildman–Crippen MR) is 117 cm³/mol. The number of urea groups is 1. The number of halogens is 2. The number of nitrogens with one attached hydrogen (secondary N) is 1. The van der Waals surface area contributed by atoms with E-state index in [1.807, 2.05) is 4.90 Å². The van der Waals surface area contributed by atoms with E-state index in [4.69, 9.17) is 4.74 Å². The Morgan fingerprint density at radius 2 is 1.77 bits per heavy atom. The van der Waals surface area contributed by atoms with Crippen molar-refractivity contribution in [2.45, 2.75) is 6.92 Å². The van der Waals surface area contributed by atoms with Crippen LogP contribution >= 0.6 is 15.9 Å². The minimum atomic E-state index is -0.827.